The molecular formula is C72H72N2. The van der Waals surface area contributed by atoms with Gasteiger partial charge < -0.3 is 9.80 Å². The second-order valence-corrected chi connectivity index (χ2v) is 24.4. The molecule has 2 heteroatoms. The van der Waals surface area contributed by atoms with E-state index < -0.39 is 0 Å². The molecule has 8 aromatic rings. The molecule has 5 saturated carbocycles. The lowest BCUT2D eigenvalue weighted by molar-refractivity contribution is -0.00518. The fraction of sp³-hybridized carbons (Fsp3) is 0.333. The van der Waals surface area contributed by atoms with E-state index in [1.165, 1.54) is 172 Å². The molecule has 18 rings (SSSR count). The number of hydrogen-bond donors (Lipinski definition) is 0. The van der Waals surface area contributed by atoms with Crippen molar-refractivity contribution in [3.63, 3.8) is 0 Å². The third kappa shape index (κ3) is 8.14. The van der Waals surface area contributed by atoms with Crippen LogP contribution in [-0.2, 0) is 36.5 Å². The number of fused-ring (bicyclic) bond motifs is 3. The SMILES string of the molecule is CC1(C)c2ccccc2-c2cc(-c3ccccc3)c(N(c3ccc(C4CCCCCC4)cc3)c3cc4ccc3CCc3ccc(c(N(c5ccccc5)c5ccc(C67CC8CC(CC(C8)C6)C7)cc5)c3)CC4)cc21. The van der Waals surface area contributed by atoms with Crippen molar-refractivity contribution in [3.05, 3.63) is 226 Å². The average Bonchev–Trinajstić information content (AvgIpc) is 3.58. The lowest BCUT2D eigenvalue weighted by Gasteiger charge is -2.57. The van der Waals surface area contributed by atoms with Crippen molar-refractivity contribution in [2.75, 3.05) is 9.80 Å². The summed E-state index contributed by atoms with van der Waals surface area (Å²) in [6, 6.07) is 71.4. The summed E-state index contributed by atoms with van der Waals surface area (Å²) >= 11 is 0. The zero-order chi connectivity index (χ0) is 49.4. The summed E-state index contributed by atoms with van der Waals surface area (Å²) in [5, 5.41) is 0. The van der Waals surface area contributed by atoms with Crippen LogP contribution in [0.1, 0.15) is 141 Å². The molecule has 0 N–H and O–H groups in total. The minimum Gasteiger partial charge on any atom is -0.310 e. The largest absolute Gasteiger partial charge is 0.310 e. The van der Waals surface area contributed by atoms with Crippen molar-refractivity contribution in [3.8, 4) is 22.3 Å². The van der Waals surface area contributed by atoms with Gasteiger partial charge in [-0.15, -0.1) is 0 Å². The van der Waals surface area contributed by atoms with E-state index in [0.717, 1.165) is 43.4 Å². The van der Waals surface area contributed by atoms with Crippen molar-refractivity contribution < 1.29 is 0 Å². The molecule has 8 aromatic carbocycles. The highest BCUT2D eigenvalue weighted by Gasteiger charge is 2.51. The van der Waals surface area contributed by atoms with Gasteiger partial charge in [0, 0.05) is 39.4 Å². The van der Waals surface area contributed by atoms with Crippen molar-refractivity contribution in [1.29, 1.82) is 0 Å². The van der Waals surface area contributed by atoms with Crippen LogP contribution >= 0.6 is 0 Å². The van der Waals surface area contributed by atoms with Gasteiger partial charge in [-0.05, 0) is 228 Å². The first-order valence-corrected chi connectivity index (χ1v) is 28.8. The van der Waals surface area contributed by atoms with Crippen LogP contribution in [0.3, 0.4) is 0 Å². The topological polar surface area (TPSA) is 6.48 Å². The first-order chi connectivity index (χ1) is 36.3. The highest BCUT2D eigenvalue weighted by molar-refractivity contribution is 5.95. The van der Waals surface area contributed by atoms with Crippen LogP contribution in [0, 0.1) is 17.8 Å². The Morgan fingerprint density at radius 2 is 0.946 bits per heavy atom. The second kappa shape index (κ2) is 18.6. The molecule has 2 nitrogen and oxygen atoms in total. The van der Waals surface area contributed by atoms with Crippen molar-refractivity contribution in [1.82, 2.24) is 0 Å². The number of nitrogens with zero attached hydrogens (tertiary/aromatic N) is 2. The number of aryl methyl sites for hydroxylation is 4. The molecule has 8 bridgehead atoms. The summed E-state index contributed by atoms with van der Waals surface area (Å²) in [7, 11) is 0. The van der Waals surface area contributed by atoms with Crippen LogP contribution < -0.4 is 9.80 Å². The molecule has 0 radical (unpaired) electrons. The first kappa shape index (κ1) is 45.9. The van der Waals surface area contributed by atoms with Crippen molar-refractivity contribution >= 4 is 34.1 Å². The number of anilines is 6. The first-order valence-electron chi connectivity index (χ1n) is 28.8. The van der Waals surface area contributed by atoms with Crippen LogP contribution in [0.15, 0.2) is 182 Å². The van der Waals surface area contributed by atoms with Crippen LogP contribution in [0.4, 0.5) is 34.1 Å². The van der Waals surface area contributed by atoms with E-state index in [9.17, 15) is 0 Å². The Bertz CT molecular complexity index is 3300. The minimum atomic E-state index is -0.139. The molecule has 370 valence electrons. The smallest absolute Gasteiger partial charge is 0.0543 e. The predicted octanol–water partition coefficient (Wildman–Crippen LogP) is 19.4. The molecule has 0 amide bonds. The highest BCUT2D eigenvalue weighted by atomic mass is 15.2. The Balaban J connectivity index is 0.871. The molecule has 0 aliphatic heterocycles. The summed E-state index contributed by atoms with van der Waals surface area (Å²) in [6.07, 6.45) is 20.4. The Kier molecular flexibility index (Phi) is 11.6. The molecule has 0 atom stereocenters. The Morgan fingerprint density at radius 3 is 1.58 bits per heavy atom. The van der Waals surface area contributed by atoms with Gasteiger partial charge in [0.1, 0.15) is 0 Å². The quantitative estimate of drug-likeness (QED) is 0.133. The fourth-order valence-electron chi connectivity index (χ4n) is 16.0. The number of hydrogen-bond acceptors (Lipinski definition) is 2. The summed E-state index contributed by atoms with van der Waals surface area (Å²) in [4.78, 5) is 5.24. The molecule has 0 saturated heterocycles. The van der Waals surface area contributed by atoms with E-state index in [2.05, 4.69) is 206 Å². The molecule has 74 heavy (non-hydrogen) atoms. The molecule has 10 aliphatic rings. The molecule has 0 heterocycles. The maximum atomic E-state index is 2.67. The second-order valence-electron chi connectivity index (χ2n) is 24.4. The van der Waals surface area contributed by atoms with Gasteiger partial charge >= 0.3 is 0 Å². The van der Waals surface area contributed by atoms with E-state index in [4.69, 9.17) is 0 Å². The van der Waals surface area contributed by atoms with E-state index in [1.807, 2.05) is 0 Å². The molecule has 0 aromatic heterocycles. The van der Waals surface area contributed by atoms with Crippen LogP contribution in [-0.4, -0.2) is 0 Å². The summed E-state index contributed by atoms with van der Waals surface area (Å²) in [5.74, 6) is 3.46. The van der Waals surface area contributed by atoms with Crippen molar-refractivity contribution in [2.24, 2.45) is 17.8 Å². The van der Waals surface area contributed by atoms with Crippen molar-refractivity contribution in [2.45, 2.75) is 133 Å². The lowest BCUT2D eigenvalue weighted by atomic mass is 9.48. The van der Waals surface area contributed by atoms with Gasteiger partial charge in [-0.3, -0.25) is 0 Å². The molecular weight excluding hydrogens is 893 g/mol. The van der Waals surface area contributed by atoms with Gasteiger partial charge in [0.2, 0.25) is 0 Å². The molecule has 0 spiro atoms. The maximum Gasteiger partial charge on any atom is 0.0543 e. The summed E-state index contributed by atoms with van der Waals surface area (Å²) in [5.41, 5.74) is 24.5. The average molecular weight is 965 g/mol. The van der Waals surface area contributed by atoms with Crippen LogP contribution in [0.2, 0.25) is 0 Å². The Hall–Kier alpha value is -6.64. The van der Waals surface area contributed by atoms with Gasteiger partial charge in [0.15, 0.2) is 0 Å². The molecule has 0 unspecified atom stereocenters. The van der Waals surface area contributed by atoms with Gasteiger partial charge in [-0.1, -0.05) is 161 Å². The van der Waals surface area contributed by atoms with Gasteiger partial charge in [0.25, 0.3) is 0 Å². The molecule has 10 aliphatic carbocycles. The number of rotatable bonds is 9. The highest BCUT2D eigenvalue weighted by Crippen LogP contribution is 2.61. The Labute approximate surface area is 441 Å². The standard InChI is InChI=1S/C72H72N2/c1-71(2)66-22-14-13-21-63(66)65-44-64(56-17-9-5-10-18-56)70(45-67(65)71)74(62-35-31-55(32-36-62)54-15-7-3-4-8-16-54)69-43-50-24-28-57-27-23-49(25-29-58(69)30-26-50)42-68(57)73(60-19-11-6-12-20-60)61-37-33-59(34-38-61)72-46-51-39-52(47-72)41-53(40-51)48-72/h5-6,9-14,17-23,26-27,30-38,42-45,51-54H,3-4,7-8,15-16,24-25,28-29,39-41,46-48H2,1-2H3. The third-order valence-corrected chi connectivity index (χ3v) is 19.4. The van der Waals surface area contributed by atoms with Gasteiger partial charge in [-0.2, -0.15) is 0 Å². The normalized spacial score (nSPS) is 22.4. The van der Waals surface area contributed by atoms with Gasteiger partial charge in [-0.25, -0.2) is 0 Å². The van der Waals surface area contributed by atoms with E-state index >= 15 is 0 Å². The van der Waals surface area contributed by atoms with Crippen LogP contribution in [0.25, 0.3) is 22.3 Å². The Morgan fingerprint density at radius 1 is 0.405 bits per heavy atom. The monoisotopic (exact) mass is 965 g/mol. The zero-order valence-electron chi connectivity index (χ0n) is 43.8. The van der Waals surface area contributed by atoms with Gasteiger partial charge in [0.05, 0.1) is 5.69 Å². The van der Waals surface area contributed by atoms with E-state index in [1.54, 1.807) is 5.56 Å². The zero-order valence-corrected chi connectivity index (χ0v) is 43.8. The molecule has 5 fully saturated rings. The minimum absolute atomic E-state index is 0.139. The van der Waals surface area contributed by atoms with Crippen LogP contribution in [0.5, 0.6) is 0 Å². The summed E-state index contributed by atoms with van der Waals surface area (Å²) in [6.45, 7) is 4.85. The fourth-order valence-corrected chi connectivity index (χ4v) is 16.0. The van der Waals surface area contributed by atoms with E-state index in [0.29, 0.717) is 11.3 Å². The number of benzene rings is 8. The number of para-hydroxylation sites is 1. The lowest BCUT2D eigenvalue weighted by Crippen LogP contribution is -2.48. The summed E-state index contributed by atoms with van der Waals surface area (Å²) < 4.78 is 0. The predicted molar refractivity (Wildman–Crippen MR) is 310 cm³/mol. The van der Waals surface area contributed by atoms with E-state index in [-0.39, 0.29) is 5.41 Å². The maximum absolute atomic E-state index is 2.67. The third-order valence-electron chi connectivity index (χ3n) is 19.4.